The monoisotopic (exact) mass is 635 g/mol. The second-order valence-electron chi connectivity index (χ2n) is 12.9. The SMILES string of the molecule is CC(C)[C@@H]1NC(=O)[C@H]2CCCN2C(=O)[C@@H](Cc2ccc(O)cc2)NC(=O)[C@@H](Cc2ccc(O)cc2)N(C)C(=O)[C@@H](C(C)C)NC1=O. The zero-order valence-electron chi connectivity index (χ0n) is 27.0. The highest BCUT2D eigenvalue weighted by Gasteiger charge is 2.42. The predicted molar refractivity (Wildman–Crippen MR) is 170 cm³/mol. The van der Waals surface area contributed by atoms with E-state index in [1.165, 1.54) is 41.1 Å². The number of benzene rings is 2. The van der Waals surface area contributed by atoms with Crippen molar-refractivity contribution in [2.45, 2.75) is 83.6 Å². The van der Waals surface area contributed by atoms with Crippen LogP contribution in [0.3, 0.4) is 0 Å². The maximum atomic E-state index is 14.2. The van der Waals surface area contributed by atoms with Crippen molar-refractivity contribution in [3.8, 4) is 11.5 Å². The van der Waals surface area contributed by atoms with Crippen LogP contribution in [0.1, 0.15) is 51.7 Å². The molecule has 2 aromatic carbocycles. The fourth-order valence-corrected chi connectivity index (χ4v) is 6.01. The molecule has 5 amide bonds. The highest BCUT2D eigenvalue weighted by Crippen LogP contribution is 2.23. The van der Waals surface area contributed by atoms with Gasteiger partial charge in [-0.2, -0.15) is 0 Å². The van der Waals surface area contributed by atoms with Crippen molar-refractivity contribution in [3.05, 3.63) is 59.7 Å². The largest absolute Gasteiger partial charge is 0.508 e. The van der Waals surface area contributed by atoms with E-state index in [1.54, 1.807) is 52.0 Å². The quantitative estimate of drug-likeness (QED) is 0.320. The number of nitrogens with zero attached hydrogens (tertiary/aromatic N) is 2. The van der Waals surface area contributed by atoms with E-state index in [0.29, 0.717) is 30.5 Å². The Morgan fingerprint density at radius 3 is 1.76 bits per heavy atom. The van der Waals surface area contributed by atoms with Gasteiger partial charge in [-0.05, 0) is 60.1 Å². The van der Waals surface area contributed by atoms with Crippen molar-refractivity contribution in [3.63, 3.8) is 0 Å². The van der Waals surface area contributed by atoms with E-state index in [4.69, 9.17) is 0 Å². The lowest BCUT2D eigenvalue weighted by atomic mass is 9.97. The molecule has 2 aromatic rings. The molecule has 2 fully saturated rings. The van der Waals surface area contributed by atoms with Crippen molar-refractivity contribution in [2.75, 3.05) is 13.6 Å². The minimum Gasteiger partial charge on any atom is -0.508 e. The third-order valence-electron chi connectivity index (χ3n) is 8.79. The smallest absolute Gasteiger partial charge is 0.246 e. The Bertz CT molecular complexity index is 1430. The molecule has 0 bridgehead atoms. The molecule has 2 aliphatic rings. The molecular formula is C34H45N5O7. The van der Waals surface area contributed by atoms with Gasteiger partial charge in [-0.15, -0.1) is 0 Å². The van der Waals surface area contributed by atoms with E-state index >= 15 is 0 Å². The van der Waals surface area contributed by atoms with Crippen LogP contribution in [-0.2, 0) is 36.8 Å². The molecule has 4 rings (SSSR count). The molecule has 2 aliphatic heterocycles. The van der Waals surface area contributed by atoms with Crippen LogP contribution in [0.25, 0.3) is 0 Å². The molecule has 2 heterocycles. The number of likely N-dealkylation sites (N-methyl/N-ethyl adjacent to an activating group) is 1. The molecule has 0 aliphatic carbocycles. The highest BCUT2D eigenvalue weighted by atomic mass is 16.3. The molecule has 0 aromatic heterocycles. The molecule has 0 saturated carbocycles. The van der Waals surface area contributed by atoms with Gasteiger partial charge in [0, 0.05) is 26.4 Å². The maximum absolute atomic E-state index is 14.2. The Morgan fingerprint density at radius 1 is 0.696 bits per heavy atom. The molecule has 2 saturated heterocycles. The van der Waals surface area contributed by atoms with Gasteiger partial charge in [0.2, 0.25) is 29.5 Å². The summed E-state index contributed by atoms with van der Waals surface area (Å²) in [7, 11) is 1.49. The van der Waals surface area contributed by atoms with E-state index in [0.717, 1.165) is 0 Å². The number of phenolic OH excluding ortho intramolecular Hbond substituents is 2. The van der Waals surface area contributed by atoms with Crippen molar-refractivity contribution in [2.24, 2.45) is 11.8 Å². The predicted octanol–water partition coefficient (Wildman–Crippen LogP) is 1.48. The van der Waals surface area contributed by atoms with Gasteiger partial charge in [-0.25, -0.2) is 0 Å². The van der Waals surface area contributed by atoms with Crippen molar-refractivity contribution in [1.82, 2.24) is 25.8 Å². The van der Waals surface area contributed by atoms with Crippen LogP contribution >= 0.6 is 0 Å². The normalized spacial score (nSPS) is 25.1. The fraction of sp³-hybridized carbons (Fsp3) is 0.500. The topological polar surface area (TPSA) is 168 Å². The van der Waals surface area contributed by atoms with Crippen LogP contribution in [0.15, 0.2) is 48.5 Å². The summed E-state index contributed by atoms with van der Waals surface area (Å²) < 4.78 is 0. The van der Waals surface area contributed by atoms with Gasteiger partial charge in [0.1, 0.15) is 41.7 Å². The van der Waals surface area contributed by atoms with Crippen molar-refractivity contribution in [1.29, 1.82) is 0 Å². The summed E-state index contributed by atoms with van der Waals surface area (Å²) in [6.07, 6.45) is 1.10. The van der Waals surface area contributed by atoms with E-state index in [-0.39, 0.29) is 36.2 Å². The first-order chi connectivity index (χ1) is 21.8. The Hall–Kier alpha value is -4.61. The number of nitrogens with one attached hydrogen (secondary N) is 3. The number of fused-ring (bicyclic) bond motifs is 1. The second kappa shape index (κ2) is 14.7. The zero-order chi connectivity index (χ0) is 33.7. The average molecular weight is 636 g/mol. The van der Waals surface area contributed by atoms with E-state index in [9.17, 15) is 34.2 Å². The molecule has 0 radical (unpaired) electrons. The average Bonchev–Trinajstić information content (AvgIpc) is 3.51. The third-order valence-corrected chi connectivity index (χ3v) is 8.79. The van der Waals surface area contributed by atoms with Gasteiger partial charge in [0.05, 0.1) is 0 Å². The van der Waals surface area contributed by atoms with Crippen LogP contribution in [0.4, 0.5) is 0 Å². The van der Waals surface area contributed by atoms with E-state index < -0.39 is 59.7 Å². The van der Waals surface area contributed by atoms with E-state index in [1.807, 2.05) is 0 Å². The number of phenols is 2. The first kappa shape index (κ1) is 34.3. The van der Waals surface area contributed by atoms with E-state index in [2.05, 4.69) is 16.0 Å². The lowest BCUT2D eigenvalue weighted by molar-refractivity contribution is -0.144. The van der Waals surface area contributed by atoms with Gasteiger partial charge in [0.15, 0.2) is 0 Å². The van der Waals surface area contributed by atoms with Crippen LogP contribution in [-0.4, -0.2) is 93.4 Å². The summed E-state index contributed by atoms with van der Waals surface area (Å²) in [4.78, 5) is 72.4. The Labute approximate surface area is 269 Å². The first-order valence-corrected chi connectivity index (χ1v) is 15.8. The Balaban J connectivity index is 1.80. The molecule has 12 heteroatoms. The van der Waals surface area contributed by atoms with Gasteiger partial charge in [-0.1, -0.05) is 52.0 Å². The van der Waals surface area contributed by atoms with Gasteiger partial charge >= 0.3 is 0 Å². The third kappa shape index (κ3) is 7.96. The molecule has 12 nitrogen and oxygen atoms in total. The van der Waals surface area contributed by atoms with Gasteiger partial charge < -0.3 is 36.0 Å². The lowest BCUT2D eigenvalue weighted by Gasteiger charge is -2.34. The van der Waals surface area contributed by atoms with Crippen LogP contribution in [0.5, 0.6) is 11.5 Å². The number of hydrogen-bond acceptors (Lipinski definition) is 7. The number of aromatic hydroxyl groups is 2. The summed E-state index contributed by atoms with van der Waals surface area (Å²) in [6, 6.07) is 7.55. The fourth-order valence-electron chi connectivity index (χ4n) is 6.01. The number of hydrogen-bond donors (Lipinski definition) is 5. The molecule has 0 spiro atoms. The van der Waals surface area contributed by atoms with Crippen LogP contribution in [0.2, 0.25) is 0 Å². The number of carbonyl (C=O) groups is 5. The summed E-state index contributed by atoms with van der Waals surface area (Å²) in [5, 5.41) is 28.2. The first-order valence-electron chi connectivity index (χ1n) is 15.8. The molecule has 5 atom stereocenters. The minimum absolute atomic E-state index is 0.0462. The number of amides is 5. The zero-order valence-corrected chi connectivity index (χ0v) is 27.0. The van der Waals surface area contributed by atoms with Gasteiger partial charge in [-0.3, -0.25) is 24.0 Å². The van der Waals surface area contributed by atoms with Crippen molar-refractivity contribution < 1.29 is 34.2 Å². The second-order valence-corrected chi connectivity index (χ2v) is 12.9. The molecule has 46 heavy (non-hydrogen) atoms. The van der Waals surface area contributed by atoms with Gasteiger partial charge in [0.25, 0.3) is 0 Å². The minimum atomic E-state index is -1.09. The number of carbonyl (C=O) groups excluding carboxylic acids is 5. The van der Waals surface area contributed by atoms with Crippen LogP contribution in [0, 0.1) is 11.8 Å². The molecule has 0 unspecified atom stereocenters. The summed E-state index contributed by atoms with van der Waals surface area (Å²) in [5.41, 5.74) is 1.33. The van der Waals surface area contributed by atoms with Crippen molar-refractivity contribution >= 4 is 29.5 Å². The molecule has 248 valence electrons. The molecular weight excluding hydrogens is 590 g/mol. The van der Waals surface area contributed by atoms with Crippen LogP contribution < -0.4 is 16.0 Å². The summed E-state index contributed by atoms with van der Waals surface area (Å²) in [5.74, 6) is -3.14. The highest BCUT2D eigenvalue weighted by molar-refractivity contribution is 5.98. The maximum Gasteiger partial charge on any atom is 0.246 e. The Kier molecular flexibility index (Phi) is 10.9. The Morgan fingerprint density at radius 2 is 1.22 bits per heavy atom. The summed E-state index contributed by atoms with van der Waals surface area (Å²) in [6.45, 7) is 7.44. The standard InChI is InChI=1S/C34H45N5O7/c1-19(2)28-32(44)37-29(20(3)4)34(46)38(5)27(18-22-10-14-24(41)15-11-22)31(43)35-25(17-21-8-12-23(40)13-9-21)33(45)39-16-6-7-26(39)30(42)36-28/h8-15,19-20,25-29,40-41H,6-7,16-18H2,1-5H3,(H,35,43)(H,36,42)(H,37,44)/t25-,26-,27-,28+,29-/m1/s1. The summed E-state index contributed by atoms with van der Waals surface area (Å²) >= 11 is 0. The lowest BCUT2D eigenvalue weighted by Crippen LogP contribution is -2.60. The molecule has 5 N–H and O–H groups in total. The number of rotatable bonds is 6.